The topological polar surface area (TPSA) is 0 Å². The second kappa shape index (κ2) is 8.65. The molecule has 0 bridgehead atoms. The van der Waals surface area contributed by atoms with Gasteiger partial charge >= 0.3 is 159 Å². The van der Waals surface area contributed by atoms with Crippen LogP contribution in [0.4, 0.5) is 0 Å². The monoisotopic (exact) mass is 362 g/mol. The van der Waals surface area contributed by atoms with E-state index in [4.69, 9.17) is 0 Å². The van der Waals surface area contributed by atoms with Crippen LogP contribution in [0.1, 0.15) is 27.2 Å². The van der Waals surface area contributed by atoms with Gasteiger partial charge in [-0.1, -0.05) is 0 Å². The SMILES string of the molecule is CC(C)CC(C)C[PH](c1ccccc1)(c1ccccc1)c1ccccc1. The molecule has 0 spiro atoms. The maximum absolute atomic E-state index is 2.44. The fourth-order valence-corrected chi connectivity index (χ4v) is 9.64. The molecule has 0 aliphatic carbocycles. The Kier molecular flexibility index (Phi) is 6.28. The van der Waals surface area contributed by atoms with E-state index in [0.717, 1.165) is 5.92 Å². The van der Waals surface area contributed by atoms with Crippen molar-refractivity contribution in [1.82, 2.24) is 0 Å². The summed E-state index contributed by atoms with van der Waals surface area (Å²) >= 11 is 0. The average Bonchev–Trinajstić information content (AvgIpc) is 2.67. The van der Waals surface area contributed by atoms with Gasteiger partial charge in [-0.3, -0.25) is 0 Å². The molecule has 3 aromatic carbocycles. The van der Waals surface area contributed by atoms with Gasteiger partial charge in [-0.25, -0.2) is 0 Å². The summed E-state index contributed by atoms with van der Waals surface area (Å²) in [5, 5.41) is 4.56. The third-order valence-electron chi connectivity index (χ3n) is 5.33. The van der Waals surface area contributed by atoms with E-state index in [1.54, 1.807) is 0 Å². The van der Waals surface area contributed by atoms with Crippen molar-refractivity contribution >= 4 is 23.2 Å². The Morgan fingerprint density at radius 3 is 1.23 bits per heavy atom. The number of benzene rings is 3. The van der Waals surface area contributed by atoms with Crippen molar-refractivity contribution in [3.05, 3.63) is 91.0 Å². The van der Waals surface area contributed by atoms with E-state index in [2.05, 4.69) is 112 Å². The van der Waals surface area contributed by atoms with Gasteiger partial charge in [0, 0.05) is 0 Å². The molecule has 3 aromatic rings. The quantitative estimate of drug-likeness (QED) is 0.494. The summed E-state index contributed by atoms with van der Waals surface area (Å²) in [7, 11) is -2.05. The summed E-state index contributed by atoms with van der Waals surface area (Å²) in [6, 6.07) is 33.8. The Hall–Kier alpha value is -1.91. The third kappa shape index (κ3) is 4.08. The van der Waals surface area contributed by atoms with Crippen molar-refractivity contribution < 1.29 is 0 Å². The number of rotatable bonds is 7. The van der Waals surface area contributed by atoms with Gasteiger partial charge < -0.3 is 0 Å². The minimum absolute atomic E-state index is 0.697. The van der Waals surface area contributed by atoms with Crippen LogP contribution in [0, 0.1) is 11.8 Å². The second-order valence-corrected chi connectivity index (χ2v) is 11.9. The molecule has 0 fully saturated rings. The fourth-order valence-electron chi connectivity index (χ4n) is 4.43. The molecule has 0 aliphatic rings. The molecule has 0 heterocycles. The Balaban J connectivity index is 2.21. The Labute approximate surface area is 159 Å². The molecule has 0 radical (unpaired) electrons. The zero-order valence-electron chi connectivity index (χ0n) is 16.2. The van der Waals surface area contributed by atoms with Gasteiger partial charge in [-0.2, -0.15) is 0 Å². The van der Waals surface area contributed by atoms with Gasteiger partial charge in [-0.05, 0) is 0 Å². The van der Waals surface area contributed by atoms with E-state index in [1.807, 2.05) is 0 Å². The third-order valence-corrected chi connectivity index (χ3v) is 10.6. The van der Waals surface area contributed by atoms with Crippen LogP contribution in [-0.2, 0) is 0 Å². The van der Waals surface area contributed by atoms with Crippen molar-refractivity contribution in [3.8, 4) is 0 Å². The molecule has 0 saturated heterocycles. The van der Waals surface area contributed by atoms with Crippen LogP contribution in [0.5, 0.6) is 0 Å². The standard InChI is InChI=1S/C25H31P/c1-21(2)19-22(3)20-26(23-13-7-4-8-14-23,24-15-9-5-10-16-24)25-17-11-6-12-18-25/h4-18,21-22,26H,19-20H2,1-3H3. The first-order chi connectivity index (χ1) is 12.6. The van der Waals surface area contributed by atoms with Gasteiger partial charge in [0.1, 0.15) is 0 Å². The zero-order valence-corrected chi connectivity index (χ0v) is 17.2. The van der Waals surface area contributed by atoms with Crippen LogP contribution >= 0.6 is 7.26 Å². The predicted octanol–water partition coefficient (Wildman–Crippen LogP) is 5.40. The Morgan fingerprint density at radius 1 is 0.577 bits per heavy atom. The molecular weight excluding hydrogens is 331 g/mol. The molecule has 0 nitrogen and oxygen atoms in total. The van der Waals surface area contributed by atoms with Gasteiger partial charge in [0.2, 0.25) is 0 Å². The van der Waals surface area contributed by atoms with E-state index in [0.29, 0.717) is 5.92 Å². The summed E-state index contributed by atoms with van der Waals surface area (Å²) in [5.74, 6) is 1.43. The molecule has 26 heavy (non-hydrogen) atoms. The van der Waals surface area contributed by atoms with Crippen molar-refractivity contribution in [2.75, 3.05) is 6.16 Å². The molecule has 0 saturated carbocycles. The molecule has 0 aliphatic heterocycles. The molecule has 0 aromatic heterocycles. The normalized spacial score (nSPS) is 13.5. The van der Waals surface area contributed by atoms with Crippen molar-refractivity contribution in [1.29, 1.82) is 0 Å². The molecule has 0 amide bonds. The summed E-state index contributed by atoms with van der Waals surface area (Å²) in [4.78, 5) is 0. The minimum atomic E-state index is -2.05. The Bertz CT molecular complexity index is 681. The van der Waals surface area contributed by atoms with Gasteiger partial charge in [-0.15, -0.1) is 0 Å². The van der Waals surface area contributed by atoms with Crippen LogP contribution in [-0.4, -0.2) is 6.16 Å². The van der Waals surface area contributed by atoms with Crippen molar-refractivity contribution in [2.45, 2.75) is 27.2 Å². The van der Waals surface area contributed by atoms with Crippen LogP contribution in [0.25, 0.3) is 0 Å². The first-order valence-corrected chi connectivity index (χ1v) is 12.0. The molecule has 136 valence electrons. The molecule has 1 heteroatoms. The first-order valence-electron chi connectivity index (χ1n) is 9.79. The van der Waals surface area contributed by atoms with Crippen molar-refractivity contribution in [2.24, 2.45) is 11.8 Å². The van der Waals surface area contributed by atoms with Gasteiger partial charge in [0.05, 0.1) is 0 Å². The summed E-state index contributed by atoms with van der Waals surface area (Å²) < 4.78 is 0. The van der Waals surface area contributed by atoms with Gasteiger partial charge in [0.25, 0.3) is 0 Å². The first kappa shape index (κ1) is 18.9. The molecule has 1 unspecified atom stereocenters. The summed E-state index contributed by atoms with van der Waals surface area (Å²) in [6.45, 7) is 7.12. The van der Waals surface area contributed by atoms with E-state index in [1.165, 1.54) is 28.5 Å². The molecular formula is C25H31P. The summed E-state index contributed by atoms with van der Waals surface area (Å²) in [6.07, 6.45) is 2.53. The van der Waals surface area contributed by atoms with E-state index >= 15 is 0 Å². The number of hydrogen-bond acceptors (Lipinski definition) is 0. The molecule has 1 atom stereocenters. The van der Waals surface area contributed by atoms with E-state index < -0.39 is 7.26 Å². The molecule has 3 rings (SSSR count). The van der Waals surface area contributed by atoms with Crippen LogP contribution in [0.2, 0.25) is 0 Å². The zero-order chi connectivity index (χ0) is 18.4. The van der Waals surface area contributed by atoms with Crippen LogP contribution in [0.3, 0.4) is 0 Å². The second-order valence-electron chi connectivity index (χ2n) is 7.94. The fraction of sp³-hybridized carbons (Fsp3) is 0.280. The van der Waals surface area contributed by atoms with E-state index in [-0.39, 0.29) is 0 Å². The van der Waals surface area contributed by atoms with Crippen LogP contribution in [0.15, 0.2) is 91.0 Å². The Morgan fingerprint density at radius 2 is 0.923 bits per heavy atom. The van der Waals surface area contributed by atoms with E-state index in [9.17, 15) is 0 Å². The number of hydrogen-bond donors (Lipinski definition) is 0. The average molecular weight is 362 g/mol. The predicted molar refractivity (Wildman–Crippen MR) is 120 cm³/mol. The summed E-state index contributed by atoms with van der Waals surface area (Å²) in [5.41, 5.74) is 0. The van der Waals surface area contributed by atoms with Gasteiger partial charge in [0.15, 0.2) is 0 Å². The van der Waals surface area contributed by atoms with Crippen molar-refractivity contribution in [3.63, 3.8) is 0 Å². The van der Waals surface area contributed by atoms with Crippen LogP contribution < -0.4 is 15.9 Å². The molecule has 0 N–H and O–H groups in total. The maximum atomic E-state index is 2.44.